The third-order valence-corrected chi connectivity index (χ3v) is 3.85. The highest BCUT2D eigenvalue weighted by Crippen LogP contribution is 2.29. The first-order chi connectivity index (χ1) is 11.0. The Kier molecular flexibility index (Phi) is 9.13. The van der Waals surface area contributed by atoms with Gasteiger partial charge < -0.3 is 19.5 Å². The summed E-state index contributed by atoms with van der Waals surface area (Å²) in [6.45, 7) is 5.70. The topological polar surface area (TPSA) is 67.2 Å². The van der Waals surface area contributed by atoms with E-state index in [-0.39, 0.29) is 0 Å². The van der Waals surface area contributed by atoms with Crippen molar-refractivity contribution < 1.29 is 14.6 Å². The Morgan fingerprint density at radius 2 is 2.26 bits per heavy atom. The number of aryl methyl sites for hydroxylation is 1. The van der Waals surface area contributed by atoms with E-state index in [4.69, 9.17) is 9.47 Å². The highest BCUT2D eigenvalue weighted by molar-refractivity contribution is 9.10. The highest BCUT2D eigenvalue weighted by Gasteiger charge is 2.09. The number of hydrogen-bond donors (Lipinski definition) is 1. The lowest BCUT2D eigenvalue weighted by molar-refractivity contribution is 0.0553. The number of aliphatic hydroxyl groups is 1. The molecule has 0 fully saturated rings. The van der Waals surface area contributed by atoms with Gasteiger partial charge in [-0.05, 0) is 48.7 Å². The van der Waals surface area contributed by atoms with Crippen molar-refractivity contribution in [3.63, 3.8) is 0 Å². The van der Waals surface area contributed by atoms with Gasteiger partial charge in [-0.1, -0.05) is 0 Å². The van der Waals surface area contributed by atoms with Gasteiger partial charge in [0.2, 0.25) is 5.88 Å². The molecule has 0 aliphatic rings. The first-order valence-corrected chi connectivity index (χ1v) is 8.48. The van der Waals surface area contributed by atoms with Gasteiger partial charge in [0.05, 0.1) is 41.5 Å². The molecule has 7 heteroatoms. The Hall–Kier alpha value is -1.18. The summed E-state index contributed by atoms with van der Waals surface area (Å²) in [7, 11) is 3.54. The van der Waals surface area contributed by atoms with Gasteiger partial charge in [0, 0.05) is 20.7 Å². The van der Waals surface area contributed by atoms with Gasteiger partial charge in [0.15, 0.2) is 0 Å². The minimum Gasteiger partial charge on any atom is -0.477 e. The van der Waals surface area contributed by atoms with Crippen molar-refractivity contribution in [2.45, 2.75) is 32.8 Å². The monoisotopic (exact) mass is 387 g/mol. The van der Waals surface area contributed by atoms with Crippen LogP contribution in [0.1, 0.15) is 25.5 Å². The van der Waals surface area contributed by atoms with Crippen LogP contribution in [0.3, 0.4) is 0 Å². The Morgan fingerprint density at radius 3 is 2.91 bits per heavy atom. The van der Waals surface area contributed by atoms with E-state index in [1.807, 2.05) is 24.9 Å². The molecule has 0 amide bonds. The number of aliphatic hydroxyl groups excluding tert-OH is 1. The van der Waals surface area contributed by atoms with Gasteiger partial charge >= 0.3 is 0 Å². The molecule has 0 aliphatic heterocycles. The molecule has 0 bridgehead atoms. The molecular weight excluding hydrogens is 362 g/mol. The van der Waals surface area contributed by atoms with Crippen LogP contribution in [0, 0.1) is 6.92 Å². The van der Waals surface area contributed by atoms with Gasteiger partial charge in [-0.25, -0.2) is 9.98 Å². The molecule has 130 valence electrons. The summed E-state index contributed by atoms with van der Waals surface area (Å²) in [6, 6.07) is 1.90. The maximum Gasteiger partial charge on any atom is 0.228 e. The summed E-state index contributed by atoms with van der Waals surface area (Å²) in [5.74, 6) is 0.548. The molecule has 0 radical (unpaired) electrons. The average molecular weight is 388 g/mol. The van der Waals surface area contributed by atoms with Crippen LogP contribution in [0.4, 0.5) is 5.69 Å². The minimum absolute atomic E-state index is 0.347. The highest BCUT2D eigenvalue weighted by atomic mass is 79.9. The predicted octanol–water partition coefficient (Wildman–Crippen LogP) is 2.93. The number of aliphatic imine (C=N–C) groups is 1. The lowest BCUT2D eigenvalue weighted by atomic mass is 10.2. The van der Waals surface area contributed by atoms with Crippen LogP contribution in [0.15, 0.2) is 15.5 Å². The third-order valence-electron chi connectivity index (χ3n) is 3.28. The second-order valence-corrected chi connectivity index (χ2v) is 6.15. The molecule has 1 heterocycles. The van der Waals surface area contributed by atoms with Crippen molar-refractivity contribution in [3.8, 4) is 5.88 Å². The zero-order valence-corrected chi connectivity index (χ0v) is 15.8. The first-order valence-electron chi connectivity index (χ1n) is 7.69. The van der Waals surface area contributed by atoms with Gasteiger partial charge in [-0.3, -0.25) is 0 Å². The number of methoxy groups -OCH3 is 1. The number of ether oxygens (including phenoxy) is 2. The molecule has 1 aromatic heterocycles. The molecule has 1 aromatic rings. The lowest BCUT2D eigenvalue weighted by Gasteiger charge is -2.12. The maximum absolute atomic E-state index is 9.58. The summed E-state index contributed by atoms with van der Waals surface area (Å²) in [6.07, 6.45) is 2.71. The van der Waals surface area contributed by atoms with E-state index in [1.165, 1.54) is 0 Å². The third kappa shape index (κ3) is 7.28. The SMILES string of the molecule is CCN(C)/C=N/c1cc(Br)c(OCCCC(O)COC)nc1C. The van der Waals surface area contributed by atoms with E-state index in [1.54, 1.807) is 13.4 Å². The molecule has 23 heavy (non-hydrogen) atoms. The molecule has 1 N–H and O–H groups in total. The Morgan fingerprint density at radius 1 is 1.52 bits per heavy atom. The standard InChI is InChI=1S/C16H26BrN3O3/c1-5-20(3)11-18-15-9-14(17)16(19-12(15)2)23-8-6-7-13(21)10-22-4/h9,11,13,21H,5-8,10H2,1-4H3/b18-11+. The van der Waals surface area contributed by atoms with E-state index in [2.05, 4.69) is 32.8 Å². The maximum atomic E-state index is 9.58. The van der Waals surface area contributed by atoms with E-state index in [0.717, 1.165) is 28.8 Å². The van der Waals surface area contributed by atoms with E-state index < -0.39 is 6.10 Å². The summed E-state index contributed by atoms with van der Waals surface area (Å²) < 4.78 is 11.3. The Labute approximate surface area is 146 Å². The predicted molar refractivity (Wildman–Crippen MR) is 95.7 cm³/mol. The summed E-state index contributed by atoms with van der Waals surface area (Å²) >= 11 is 3.47. The van der Waals surface area contributed by atoms with Crippen LogP contribution in [-0.2, 0) is 4.74 Å². The van der Waals surface area contributed by atoms with Crippen LogP contribution >= 0.6 is 15.9 Å². The van der Waals surface area contributed by atoms with Crippen molar-refractivity contribution in [1.29, 1.82) is 0 Å². The molecule has 0 saturated heterocycles. The number of hydrogen-bond acceptors (Lipinski definition) is 5. The quantitative estimate of drug-likeness (QED) is 0.379. The number of halogens is 1. The Bertz CT molecular complexity index is 512. The average Bonchev–Trinajstić information content (AvgIpc) is 2.52. The van der Waals surface area contributed by atoms with Gasteiger partial charge in [0.25, 0.3) is 0 Å². The van der Waals surface area contributed by atoms with Crippen LogP contribution < -0.4 is 4.74 Å². The molecule has 1 atom stereocenters. The summed E-state index contributed by atoms with van der Waals surface area (Å²) in [5.41, 5.74) is 1.61. The zero-order valence-electron chi connectivity index (χ0n) is 14.3. The van der Waals surface area contributed by atoms with Crippen molar-refractivity contribution in [2.75, 3.05) is 33.9 Å². The molecule has 0 aromatic carbocycles. The fraction of sp³-hybridized carbons (Fsp3) is 0.625. The molecule has 0 aliphatic carbocycles. The van der Waals surface area contributed by atoms with Crippen molar-refractivity contribution >= 4 is 28.0 Å². The van der Waals surface area contributed by atoms with Crippen LogP contribution in [0.25, 0.3) is 0 Å². The van der Waals surface area contributed by atoms with E-state index in [9.17, 15) is 5.11 Å². The molecule has 1 unspecified atom stereocenters. The Balaban J connectivity index is 2.58. The fourth-order valence-electron chi connectivity index (χ4n) is 1.79. The van der Waals surface area contributed by atoms with E-state index >= 15 is 0 Å². The van der Waals surface area contributed by atoms with Crippen molar-refractivity contribution in [2.24, 2.45) is 4.99 Å². The van der Waals surface area contributed by atoms with Crippen LogP contribution in [0.5, 0.6) is 5.88 Å². The summed E-state index contributed by atoms with van der Waals surface area (Å²) in [5, 5.41) is 9.58. The number of rotatable bonds is 10. The van der Waals surface area contributed by atoms with E-state index in [0.29, 0.717) is 25.5 Å². The summed E-state index contributed by atoms with van der Waals surface area (Å²) in [4.78, 5) is 10.9. The van der Waals surface area contributed by atoms with Crippen LogP contribution in [0.2, 0.25) is 0 Å². The van der Waals surface area contributed by atoms with Crippen molar-refractivity contribution in [1.82, 2.24) is 9.88 Å². The van der Waals surface area contributed by atoms with Gasteiger partial charge in [0.1, 0.15) is 0 Å². The minimum atomic E-state index is -0.450. The molecule has 0 saturated carbocycles. The smallest absolute Gasteiger partial charge is 0.228 e. The molecule has 0 spiro atoms. The molecular formula is C16H26BrN3O3. The second kappa shape index (κ2) is 10.6. The second-order valence-electron chi connectivity index (χ2n) is 5.30. The zero-order chi connectivity index (χ0) is 17.2. The fourth-order valence-corrected chi connectivity index (χ4v) is 2.21. The lowest BCUT2D eigenvalue weighted by Crippen LogP contribution is -2.15. The molecule has 1 rings (SSSR count). The number of aromatic nitrogens is 1. The number of pyridine rings is 1. The number of nitrogens with zero attached hydrogens (tertiary/aromatic N) is 3. The largest absolute Gasteiger partial charge is 0.477 e. The first kappa shape index (κ1) is 19.9. The van der Waals surface area contributed by atoms with Gasteiger partial charge in [-0.2, -0.15) is 0 Å². The van der Waals surface area contributed by atoms with Gasteiger partial charge in [-0.15, -0.1) is 0 Å². The molecule has 6 nitrogen and oxygen atoms in total. The van der Waals surface area contributed by atoms with Crippen molar-refractivity contribution in [3.05, 3.63) is 16.2 Å². The normalized spacial score (nSPS) is 12.6. The van der Waals surface area contributed by atoms with Crippen LogP contribution in [-0.4, -0.2) is 61.3 Å².